The molecule has 2 unspecified atom stereocenters. The Morgan fingerprint density at radius 2 is 0.559 bits per heavy atom. The van der Waals surface area contributed by atoms with Crippen LogP contribution < -0.4 is 5.32 Å². The molecule has 0 aliphatic heterocycles. The highest BCUT2D eigenvalue weighted by atomic mass is 16.3. The van der Waals surface area contributed by atoms with Crippen molar-refractivity contribution in [2.75, 3.05) is 6.61 Å². The highest BCUT2D eigenvalue weighted by molar-refractivity contribution is 5.76. The predicted molar refractivity (Wildman–Crippen MR) is 304 cm³/mol. The monoisotopic (exact) mass is 958 g/mol. The Morgan fingerprint density at radius 3 is 0.809 bits per heavy atom. The lowest BCUT2D eigenvalue weighted by atomic mass is 10.0. The van der Waals surface area contributed by atoms with Gasteiger partial charge in [0.05, 0.1) is 18.8 Å². The van der Waals surface area contributed by atoms with Gasteiger partial charge in [0, 0.05) is 6.42 Å². The number of rotatable bonds is 60. The molecule has 1 amide bonds. The standard InChI is InChI=1S/C64H127NO3/c1-3-5-7-9-11-13-15-17-19-21-23-25-26-27-28-29-30-31-32-33-34-35-36-37-38-40-42-44-46-48-50-52-54-56-58-60-64(68)65-62(61-66)63(67)59-57-55-53-51-49-47-45-43-41-39-24-22-20-18-16-14-12-10-8-6-4-2/h21,23,62-63,66-67H,3-20,22,24-61H2,1-2H3,(H,65,68)/b23-21-. The van der Waals surface area contributed by atoms with Crippen molar-refractivity contribution in [3.8, 4) is 0 Å². The Morgan fingerprint density at radius 1 is 0.338 bits per heavy atom. The number of aliphatic hydroxyl groups is 2. The zero-order chi connectivity index (χ0) is 49.2. The van der Waals surface area contributed by atoms with Crippen LogP contribution in [0.5, 0.6) is 0 Å². The summed E-state index contributed by atoms with van der Waals surface area (Å²) < 4.78 is 0. The third kappa shape index (κ3) is 56.0. The number of carbonyl (C=O) groups is 1. The van der Waals surface area contributed by atoms with E-state index in [1.807, 2.05) is 0 Å². The summed E-state index contributed by atoms with van der Waals surface area (Å²) in [6, 6.07) is -0.533. The Labute approximate surface area is 428 Å². The van der Waals surface area contributed by atoms with E-state index in [-0.39, 0.29) is 12.5 Å². The van der Waals surface area contributed by atoms with Crippen LogP contribution >= 0.6 is 0 Å². The molecule has 0 rings (SSSR count). The van der Waals surface area contributed by atoms with Gasteiger partial charge in [-0.2, -0.15) is 0 Å². The van der Waals surface area contributed by atoms with E-state index in [0.717, 1.165) is 25.7 Å². The third-order valence-corrected chi connectivity index (χ3v) is 15.3. The molecule has 0 aromatic rings. The van der Waals surface area contributed by atoms with Gasteiger partial charge in [-0.25, -0.2) is 0 Å². The number of aliphatic hydroxyl groups excluding tert-OH is 2. The molecule has 0 aliphatic carbocycles. The molecule has 4 heteroatoms. The minimum atomic E-state index is -0.656. The molecule has 0 spiro atoms. The Hall–Kier alpha value is -0.870. The first-order valence-electron chi connectivity index (χ1n) is 31.9. The second-order valence-electron chi connectivity index (χ2n) is 22.2. The highest BCUT2D eigenvalue weighted by Crippen LogP contribution is 2.19. The second kappa shape index (κ2) is 60.4. The SMILES string of the molecule is CCCCCCCCCC/C=C\CCCCCCCCCCCCCCCCCCCCCCCCCC(=O)NC(CO)C(O)CCCCCCCCCCCCCCCCCCCCCCC. The average molecular weight is 959 g/mol. The van der Waals surface area contributed by atoms with Gasteiger partial charge in [0.25, 0.3) is 0 Å². The maximum absolute atomic E-state index is 12.5. The van der Waals surface area contributed by atoms with Crippen molar-refractivity contribution in [1.29, 1.82) is 0 Å². The van der Waals surface area contributed by atoms with E-state index in [0.29, 0.717) is 12.8 Å². The van der Waals surface area contributed by atoms with Crippen LogP contribution in [0.1, 0.15) is 373 Å². The molecular weight excluding hydrogens is 831 g/mol. The summed E-state index contributed by atoms with van der Waals surface area (Å²) in [6.45, 7) is 4.40. The molecule has 0 aromatic heterocycles. The van der Waals surface area contributed by atoms with Crippen molar-refractivity contribution in [1.82, 2.24) is 5.32 Å². The third-order valence-electron chi connectivity index (χ3n) is 15.3. The fourth-order valence-corrected chi connectivity index (χ4v) is 10.4. The maximum Gasteiger partial charge on any atom is 0.220 e. The summed E-state index contributed by atoms with van der Waals surface area (Å²) in [4.78, 5) is 12.5. The van der Waals surface area contributed by atoms with Gasteiger partial charge in [-0.05, 0) is 38.5 Å². The first-order valence-corrected chi connectivity index (χ1v) is 31.9. The van der Waals surface area contributed by atoms with Gasteiger partial charge in [0.2, 0.25) is 5.91 Å². The average Bonchev–Trinajstić information content (AvgIpc) is 3.34. The van der Waals surface area contributed by atoms with Gasteiger partial charge >= 0.3 is 0 Å². The van der Waals surface area contributed by atoms with E-state index in [1.165, 1.54) is 321 Å². The molecule has 0 aromatic carbocycles. The summed E-state index contributed by atoms with van der Waals surface area (Å²) in [7, 11) is 0. The molecule has 0 heterocycles. The van der Waals surface area contributed by atoms with E-state index in [9.17, 15) is 15.0 Å². The lowest BCUT2D eigenvalue weighted by Crippen LogP contribution is -2.45. The van der Waals surface area contributed by atoms with Crippen molar-refractivity contribution in [2.24, 2.45) is 0 Å². The van der Waals surface area contributed by atoms with Crippen LogP contribution in [0.2, 0.25) is 0 Å². The normalized spacial score (nSPS) is 12.7. The van der Waals surface area contributed by atoms with Gasteiger partial charge in [0.1, 0.15) is 0 Å². The number of hydrogen-bond acceptors (Lipinski definition) is 3. The zero-order valence-corrected chi connectivity index (χ0v) is 46.9. The number of nitrogens with one attached hydrogen (secondary N) is 1. The van der Waals surface area contributed by atoms with E-state index in [1.54, 1.807) is 0 Å². The number of hydrogen-bond donors (Lipinski definition) is 3. The smallest absolute Gasteiger partial charge is 0.220 e. The minimum absolute atomic E-state index is 0.0217. The zero-order valence-electron chi connectivity index (χ0n) is 46.9. The van der Waals surface area contributed by atoms with Crippen molar-refractivity contribution in [2.45, 2.75) is 386 Å². The number of amides is 1. The number of allylic oxidation sites excluding steroid dienone is 2. The molecule has 3 N–H and O–H groups in total. The molecule has 68 heavy (non-hydrogen) atoms. The largest absolute Gasteiger partial charge is 0.394 e. The van der Waals surface area contributed by atoms with E-state index in [2.05, 4.69) is 31.3 Å². The maximum atomic E-state index is 12.5. The van der Waals surface area contributed by atoms with Gasteiger partial charge in [-0.1, -0.05) is 341 Å². The fraction of sp³-hybridized carbons (Fsp3) is 0.953. The summed E-state index contributed by atoms with van der Waals surface area (Å²) in [5.74, 6) is -0.0217. The summed E-state index contributed by atoms with van der Waals surface area (Å²) >= 11 is 0. The molecular formula is C64H127NO3. The molecule has 0 saturated carbocycles. The lowest BCUT2D eigenvalue weighted by Gasteiger charge is -2.22. The van der Waals surface area contributed by atoms with Gasteiger partial charge in [-0.3, -0.25) is 4.79 Å². The van der Waals surface area contributed by atoms with Crippen LogP contribution in [0.15, 0.2) is 12.2 Å². The molecule has 406 valence electrons. The first-order chi connectivity index (χ1) is 33.7. The second-order valence-corrected chi connectivity index (χ2v) is 22.2. The molecule has 0 bridgehead atoms. The summed E-state index contributed by atoms with van der Waals surface area (Å²) in [6.07, 6.45) is 79.6. The van der Waals surface area contributed by atoms with Crippen LogP contribution in [0.25, 0.3) is 0 Å². The van der Waals surface area contributed by atoms with Gasteiger partial charge in [0.15, 0.2) is 0 Å². The topological polar surface area (TPSA) is 69.6 Å². The molecule has 0 saturated heterocycles. The molecule has 2 atom stereocenters. The Bertz CT molecular complexity index is 952. The predicted octanol–water partition coefficient (Wildman–Crippen LogP) is 21.3. The molecule has 0 aliphatic rings. The minimum Gasteiger partial charge on any atom is -0.394 e. The van der Waals surface area contributed by atoms with Crippen molar-refractivity contribution in [3.05, 3.63) is 12.2 Å². The molecule has 0 fully saturated rings. The Balaban J connectivity index is 3.37. The van der Waals surface area contributed by atoms with Crippen LogP contribution in [-0.2, 0) is 4.79 Å². The van der Waals surface area contributed by atoms with Crippen LogP contribution in [0.3, 0.4) is 0 Å². The van der Waals surface area contributed by atoms with Crippen molar-refractivity contribution in [3.63, 3.8) is 0 Å². The van der Waals surface area contributed by atoms with Gasteiger partial charge in [-0.15, -0.1) is 0 Å². The van der Waals surface area contributed by atoms with E-state index in [4.69, 9.17) is 0 Å². The molecule has 0 radical (unpaired) electrons. The Kier molecular flexibility index (Phi) is 59.7. The summed E-state index contributed by atoms with van der Waals surface area (Å²) in [5.41, 5.74) is 0. The van der Waals surface area contributed by atoms with Crippen LogP contribution in [0.4, 0.5) is 0 Å². The number of unbranched alkanes of at least 4 members (excludes halogenated alkanes) is 51. The quantitative estimate of drug-likeness (QED) is 0.0420. The van der Waals surface area contributed by atoms with Gasteiger partial charge < -0.3 is 15.5 Å². The lowest BCUT2D eigenvalue weighted by molar-refractivity contribution is -0.123. The number of carbonyl (C=O) groups excluding carboxylic acids is 1. The first kappa shape index (κ1) is 67.1. The highest BCUT2D eigenvalue weighted by Gasteiger charge is 2.20. The van der Waals surface area contributed by atoms with Crippen LogP contribution in [0, 0.1) is 0 Å². The molecule has 4 nitrogen and oxygen atoms in total. The van der Waals surface area contributed by atoms with Crippen molar-refractivity contribution >= 4 is 5.91 Å². The fourth-order valence-electron chi connectivity index (χ4n) is 10.4. The van der Waals surface area contributed by atoms with E-state index >= 15 is 0 Å². The van der Waals surface area contributed by atoms with Crippen molar-refractivity contribution < 1.29 is 15.0 Å². The van der Waals surface area contributed by atoms with Crippen LogP contribution in [-0.4, -0.2) is 34.9 Å². The van der Waals surface area contributed by atoms with E-state index < -0.39 is 12.1 Å². The summed E-state index contributed by atoms with van der Waals surface area (Å²) in [5, 5.41) is 23.4.